The van der Waals surface area contributed by atoms with Crippen molar-refractivity contribution in [2.75, 3.05) is 37.7 Å². The van der Waals surface area contributed by atoms with E-state index in [0.29, 0.717) is 24.3 Å². The molecular formula is C34H39N7O3. The molecule has 0 spiro atoms. The molecule has 1 amide bonds. The standard InChI is InChI=1S/C34H39N7O3/c1-3-39-15-12-29(42)32(39)33(43)38-34(19-24-8-6-5-7-9-24)13-16-40(17-14-34)30-11-10-25(21-36-30)28-18-27(44-4-2)23-41-31(28)26(20-35)22-37-41/h5-11,18,21-23,29,32,42H,3-4,12-17,19H2,1-2H3,(H,38,43). The van der Waals surface area contributed by atoms with Gasteiger partial charge in [-0.1, -0.05) is 37.3 Å². The highest BCUT2D eigenvalue weighted by atomic mass is 16.5. The third kappa shape index (κ3) is 5.85. The summed E-state index contributed by atoms with van der Waals surface area (Å²) in [5.41, 5.74) is 3.68. The number of hydrogen-bond acceptors (Lipinski definition) is 8. The zero-order valence-corrected chi connectivity index (χ0v) is 25.3. The molecule has 1 aromatic carbocycles. The molecule has 2 aliphatic heterocycles. The number of carbonyl (C=O) groups excluding carboxylic acids is 1. The van der Waals surface area contributed by atoms with Crippen LogP contribution in [0.4, 0.5) is 5.82 Å². The fourth-order valence-corrected chi connectivity index (χ4v) is 6.74. The van der Waals surface area contributed by atoms with Gasteiger partial charge in [0.15, 0.2) is 0 Å². The third-order valence-corrected chi connectivity index (χ3v) is 9.04. The number of anilines is 1. The van der Waals surface area contributed by atoms with E-state index in [-0.39, 0.29) is 5.91 Å². The first kappa shape index (κ1) is 29.6. The zero-order valence-electron chi connectivity index (χ0n) is 25.3. The molecule has 2 aliphatic rings. The minimum absolute atomic E-state index is 0.0825. The quantitative estimate of drug-likeness (QED) is 0.301. The number of nitrogens with one attached hydrogen (secondary N) is 1. The van der Waals surface area contributed by atoms with Crippen LogP contribution in [0.2, 0.25) is 0 Å². The molecule has 2 N–H and O–H groups in total. The fraction of sp³-hybridized carbons (Fsp3) is 0.412. The topological polar surface area (TPSA) is 119 Å². The van der Waals surface area contributed by atoms with Gasteiger partial charge < -0.3 is 20.1 Å². The first-order valence-corrected chi connectivity index (χ1v) is 15.5. The lowest BCUT2D eigenvalue weighted by atomic mass is 9.81. The lowest BCUT2D eigenvalue weighted by Gasteiger charge is -2.44. The normalized spacial score (nSPS) is 20.0. The number of nitrogens with zero attached hydrogens (tertiary/aromatic N) is 6. The largest absolute Gasteiger partial charge is 0.492 e. The Labute approximate surface area is 257 Å². The molecule has 6 rings (SSSR count). The molecule has 0 bridgehead atoms. The number of carbonyl (C=O) groups is 1. The van der Waals surface area contributed by atoms with E-state index >= 15 is 0 Å². The van der Waals surface area contributed by atoms with E-state index in [1.807, 2.05) is 56.4 Å². The van der Waals surface area contributed by atoms with Crippen molar-refractivity contribution < 1.29 is 14.6 Å². The summed E-state index contributed by atoms with van der Waals surface area (Å²) in [5, 5.41) is 28.1. The highest BCUT2D eigenvalue weighted by Crippen LogP contribution is 2.33. The molecule has 3 aromatic heterocycles. The second-order valence-electron chi connectivity index (χ2n) is 11.7. The number of piperidine rings is 1. The Morgan fingerprint density at radius 1 is 1.14 bits per heavy atom. The van der Waals surface area contributed by atoms with Gasteiger partial charge in [-0.25, -0.2) is 9.50 Å². The van der Waals surface area contributed by atoms with Crippen LogP contribution in [0.25, 0.3) is 16.6 Å². The molecule has 10 heteroatoms. The highest BCUT2D eigenvalue weighted by molar-refractivity contribution is 5.85. The van der Waals surface area contributed by atoms with Gasteiger partial charge in [-0.2, -0.15) is 10.4 Å². The van der Waals surface area contributed by atoms with Gasteiger partial charge in [0.2, 0.25) is 5.91 Å². The summed E-state index contributed by atoms with van der Waals surface area (Å²) in [6.45, 7) is 7.41. The molecule has 0 radical (unpaired) electrons. The predicted molar refractivity (Wildman–Crippen MR) is 168 cm³/mol. The molecule has 0 saturated carbocycles. The van der Waals surface area contributed by atoms with Crippen molar-refractivity contribution in [1.29, 1.82) is 5.26 Å². The van der Waals surface area contributed by atoms with Crippen molar-refractivity contribution in [2.24, 2.45) is 0 Å². The van der Waals surface area contributed by atoms with E-state index in [1.165, 1.54) is 5.56 Å². The number of amides is 1. The van der Waals surface area contributed by atoms with Crippen molar-refractivity contribution in [2.45, 2.75) is 57.2 Å². The van der Waals surface area contributed by atoms with Crippen LogP contribution in [0.5, 0.6) is 5.75 Å². The third-order valence-electron chi connectivity index (χ3n) is 9.04. The Morgan fingerprint density at radius 2 is 1.93 bits per heavy atom. The summed E-state index contributed by atoms with van der Waals surface area (Å²) in [4.78, 5) is 22.8. The van der Waals surface area contributed by atoms with Gasteiger partial charge in [0.05, 0.1) is 36.2 Å². The Hall–Kier alpha value is -4.46. The molecule has 2 fully saturated rings. The summed E-state index contributed by atoms with van der Waals surface area (Å²) in [7, 11) is 0. The lowest BCUT2D eigenvalue weighted by Crippen LogP contribution is -2.61. The number of hydrogen-bond donors (Lipinski definition) is 2. The minimum atomic E-state index is -0.645. The van der Waals surface area contributed by atoms with Crippen LogP contribution in [-0.2, 0) is 11.2 Å². The number of likely N-dealkylation sites (tertiary alicyclic amines) is 1. The molecule has 2 saturated heterocycles. The fourth-order valence-electron chi connectivity index (χ4n) is 6.74. The number of pyridine rings is 2. The summed E-state index contributed by atoms with van der Waals surface area (Å²) in [5.74, 6) is 1.45. The van der Waals surface area contributed by atoms with Gasteiger partial charge in [-0.15, -0.1) is 0 Å². The first-order valence-electron chi connectivity index (χ1n) is 15.5. The van der Waals surface area contributed by atoms with Gasteiger partial charge >= 0.3 is 0 Å². The van der Waals surface area contributed by atoms with Gasteiger partial charge in [-0.3, -0.25) is 9.69 Å². The zero-order chi connectivity index (χ0) is 30.7. The van der Waals surface area contributed by atoms with Crippen molar-refractivity contribution in [1.82, 2.24) is 24.8 Å². The van der Waals surface area contributed by atoms with E-state index in [1.54, 1.807) is 16.9 Å². The van der Waals surface area contributed by atoms with E-state index in [9.17, 15) is 15.2 Å². The maximum atomic E-state index is 13.6. The van der Waals surface area contributed by atoms with E-state index < -0.39 is 17.7 Å². The summed E-state index contributed by atoms with van der Waals surface area (Å²) in [6.07, 6.45) is 7.40. The number of nitriles is 1. The average Bonchev–Trinajstić information content (AvgIpc) is 3.64. The maximum absolute atomic E-state index is 13.6. The van der Waals surface area contributed by atoms with E-state index in [0.717, 1.165) is 67.9 Å². The van der Waals surface area contributed by atoms with Crippen molar-refractivity contribution in [3.05, 3.63) is 78.2 Å². The molecule has 5 heterocycles. The van der Waals surface area contributed by atoms with Crippen LogP contribution in [0.3, 0.4) is 0 Å². The molecule has 0 aliphatic carbocycles. The van der Waals surface area contributed by atoms with Gasteiger partial charge in [-0.05, 0) is 62.9 Å². The summed E-state index contributed by atoms with van der Waals surface area (Å²) >= 11 is 0. The van der Waals surface area contributed by atoms with Crippen LogP contribution in [0.15, 0.2) is 67.1 Å². The molecule has 228 valence electrons. The van der Waals surface area contributed by atoms with Crippen LogP contribution in [-0.4, -0.2) is 81.0 Å². The first-order chi connectivity index (χ1) is 21.4. The number of aromatic nitrogens is 3. The lowest BCUT2D eigenvalue weighted by molar-refractivity contribution is -0.130. The van der Waals surface area contributed by atoms with Crippen molar-refractivity contribution in [3.63, 3.8) is 0 Å². The minimum Gasteiger partial charge on any atom is -0.492 e. The molecule has 2 atom stereocenters. The van der Waals surface area contributed by atoms with Gasteiger partial charge in [0.1, 0.15) is 23.7 Å². The number of fused-ring (bicyclic) bond motifs is 1. The number of rotatable bonds is 9. The molecule has 4 aromatic rings. The number of aliphatic hydroxyl groups excluding tert-OH is 1. The molecular weight excluding hydrogens is 554 g/mol. The SMILES string of the molecule is CCOc1cc(-c2ccc(N3CCC(Cc4ccccc4)(NC(=O)C4C(O)CCN4CC)CC3)nc2)c2c(C#N)cnn2c1. The summed E-state index contributed by atoms with van der Waals surface area (Å²) in [6, 6.07) is 18.0. The Balaban J connectivity index is 1.22. The average molecular weight is 594 g/mol. The Bertz CT molecular complexity index is 1640. The number of ether oxygens (including phenoxy) is 1. The highest BCUT2D eigenvalue weighted by Gasteiger charge is 2.43. The number of aliphatic hydroxyl groups is 1. The predicted octanol–water partition coefficient (Wildman–Crippen LogP) is 3.82. The van der Waals surface area contributed by atoms with Crippen LogP contribution < -0.4 is 15.0 Å². The molecule has 10 nitrogen and oxygen atoms in total. The van der Waals surface area contributed by atoms with Crippen molar-refractivity contribution >= 4 is 17.2 Å². The molecule has 44 heavy (non-hydrogen) atoms. The second-order valence-corrected chi connectivity index (χ2v) is 11.7. The van der Waals surface area contributed by atoms with Crippen LogP contribution >= 0.6 is 0 Å². The Kier molecular flexibility index (Phi) is 8.51. The number of benzene rings is 1. The maximum Gasteiger partial charge on any atom is 0.240 e. The van der Waals surface area contributed by atoms with Crippen LogP contribution in [0, 0.1) is 11.3 Å². The van der Waals surface area contributed by atoms with E-state index in [4.69, 9.17) is 9.72 Å². The van der Waals surface area contributed by atoms with Gasteiger partial charge in [0.25, 0.3) is 0 Å². The monoisotopic (exact) mass is 593 g/mol. The van der Waals surface area contributed by atoms with Crippen molar-refractivity contribution in [3.8, 4) is 22.9 Å². The smallest absolute Gasteiger partial charge is 0.240 e. The molecule has 2 unspecified atom stereocenters. The summed E-state index contributed by atoms with van der Waals surface area (Å²) < 4.78 is 7.44. The van der Waals surface area contributed by atoms with Gasteiger partial charge in [0, 0.05) is 42.5 Å². The number of likely N-dealkylation sites (N-methyl/N-ethyl adjacent to an activating group) is 1. The van der Waals surface area contributed by atoms with Crippen LogP contribution in [0.1, 0.15) is 44.2 Å². The Morgan fingerprint density at radius 3 is 2.61 bits per heavy atom. The van der Waals surface area contributed by atoms with E-state index in [2.05, 4.69) is 38.4 Å². The second kappa shape index (κ2) is 12.6.